The lowest BCUT2D eigenvalue weighted by molar-refractivity contribution is -0.138. The summed E-state index contributed by atoms with van der Waals surface area (Å²) in [4.78, 5) is 11.8. The molecule has 0 unspecified atom stereocenters. The third kappa shape index (κ3) is 3.72. The van der Waals surface area contributed by atoms with Crippen molar-refractivity contribution in [2.75, 3.05) is 11.6 Å². The number of fused-ring (bicyclic) bond motifs is 1. The molecule has 0 aliphatic carbocycles. The molecule has 0 spiro atoms. The van der Waals surface area contributed by atoms with Gasteiger partial charge in [-0.15, -0.1) is 0 Å². The van der Waals surface area contributed by atoms with Gasteiger partial charge in [0.05, 0.1) is 23.4 Å². The first-order chi connectivity index (χ1) is 11.9. The lowest BCUT2D eigenvalue weighted by atomic mass is 10.1. The molecular formula is C19H22N4O2. The molecule has 1 aromatic carbocycles. The maximum Gasteiger partial charge on any atom is 0.335 e. The molecule has 1 heterocycles. The minimum absolute atomic E-state index is 0.245. The molecule has 0 saturated heterocycles. The first-order valence-corrected chi connectivity index (χ1v) is 8.09. The summed E-state index contributed by atoms with van der Waals surface area (Å²) in [6.45, 7) is 11.4. The number of rotatable bonds is 6. The van der Waals surface area contributed by atoms with E-state index in [2.05, 4.69) is 36.3 Å². The van der Waals surface area contributed by atoms with Crippen molar-refractivity contribution in [3.63, 3.8) is 0 Å². The van der Waals surface area contributed by atoms with Crippen LogP contribution in [0.3, 0.4) is 0 Å². The SMILES string of the molecule is C=NN(/C=C(\C)C(=O)OCC)c1ccc2c(c1)c(C#N)cn2C(C)C. The Bertz CT molecular complexity index is 871. The van der Waals surface area contributed by atoms with E-state index in [1.54, 1.807) is 20.0 Å². The van der Waals surface area contributed by atoms with Crippen molar-refractivity contribution >= 4 is 29.3 Å². The van der Waals surface area contributed by atoms with Gasteiger partial charge in [0.15, 0.2) is 0 Å². The minimum atomic E-state index is -0.402. The fourth-order valence-electron chi connectivity index (χ4n) is 2.58. The van der Waals surface area contributed by atoms with Crippen LogP contribution in [-0.2, 0) is 9.53 Å². The van der Waals surface area contributed by atoms with Crippen molar-refractivity contribution in [1.29, 1.82) is 5.26 Å². The van der Waals surface area contributed by atoms with Crippen LogP contribution in [0.1, 0.15) is 39.3 Å². The highest BCUT2D eigenvalue weighted by molar-refractivity contribution is 5.91. The zero-order valence-electron chi connectivity index (χ0n) is 15.0. The lowest BCUT2D eigenvalue weighted by Crippen LogP contribution is -2.12. The Labute approximate surface area is 147 Å². The number of esters is 1. The van der Waals surface area contributed by atoms with Crippen molar-refractivity contribution in [2.45, 2.75) is 33.7 Å². The van der Waals surface area contributed by atoms with Crippen LogP contribution in [0.2, 0.25) is 0 Å². The third-order valence-corrected chi connectivity index (χ3v) is 3.82. The number of nitriles is 1. The highest BCUT2D eigenvalue weighted by Crippen LogP contribution is 2.29. The molecular weight excluding hydrogens is 316 g/mol. The van der Waals surface area contributed by atoms with Gasteiger partial charge in [0.2, 0.25) is 0 Å². The van der Waals surface area contributed by atoms with E-state index in [1.165, 1.54) is 5.01 Å². The molecule has 0 fully saturated rings. The first kappa shape index (κ1) is 18.3. The van der Waals surface area contributed by atoms with E-state index in [1.807, 2.05) is 24.4 Å². The molecule has 0 aliphatic rings. The van der Waals surface area contributed by atoms with Crippen molar-refractivity contribution in [3.8, 4) is 6.07 Å². The zero-order valence-corrected chi connectivity index (χ0v) is 15.0. The van der Waals surface area contributed by atoms with Crippen LogP contribution in [0.5, 0.6) is 0 Å². The molecule has 0 aliphatic heterocycles. The van der Waals surface area contributed by atoms with Crippen molar-refractivity contribution < 1.29 is 9.53 Å². The maximum atomic E-state index is 11.8. The molecule has 25 heavy (non-hydrogen) atoms. The van der Waals surface area contributed by atoms with E-state index < -0.39 is 5.97 Å². The van der Waals surface area contributed by atoms with Gasteiger partial charge in [-0.2, -0.15) is 10.4 Å². The number of carbonyl (C=O) groups excluding carboxylic acids is 1. The van der Waals surface area contributed by atoms with Crippen LogP contribution in [0, 0.1) is 11.3 Å². The minimum Gasteiger partial charge on any atom is -0.463 e. The van der Waals surface area contributed by atoms with Gasteiger partial charge in [0, 0.05) is 36.1 Å². The lowest BCUT2D eigenvalue weighted by Gasteiger charge is -2.16. The van der Waals surface area contributed by atoms with Crippen molar-refractivity contribution in [3.05, 3.63) is 41.7 Å². The summed E-state index contributed by atoms with van der Waals surface area (Å²) in [5, 5.41) is 15.7. The Morgan fingerprint density at radius 3 is 2.80 bits per heavy atom. The van der Waals surface area contributed by atoms with Gasteiger partial charge in [0.1, 0.15) is 6.07 Å². The Morgan fingerprint density at radius 1 is 1.52 bits per heavy atom. The molecule has 130 valence electrons. The van der Waals surface area contributed by atoms with Gasteiger partial charge in [-0.1, -0.05) is 0 Å². The third-order valence-electron chi connectivity index (χ3n) is 3.82. The highest BCUT2D eigenvalue weighted by atomic mass is 16.5. The smallest absolute Gasteiger partial charge is 0.335 e. The van der Waals surface area contributed by atoms with Gasteiger partial charge < -0.3 is 9.30 Å². The molecule has 2 aromatic rings. The van der Waals surface area contributed by atoms with Crippen molar-refractivity contribution in [2.24, 2.45) is 5.10 Å². The van der Waals surface area contributed by atoms with Crippen molar-refractivity contribution in [1.82, 2.24) is 4.57 Å². The number of nitrogens with zero attached hydrogens (tertiary/aromatic N) is 4. The van der Waals surface area contributed by atoms with Gasteiger partial charge in [-0.05, 0) is 45.9 Å². The Balaban J connectivity index is 2.49. The molecule has 1 aromatic heterocycles. The number of aromatic nitrogens is 1. The Hall–Kier alpha value is -3.07. The fourth-order valence-corrected chi connectivity index (χ4v) is 2.58. The van der Waals surface area contributed by atoms with E-state index in [0.29, 0.717) is 23.4 Å². The molecule has 0 saturated carbocycles. The number of carbonyl (C=O) groups is 1. The van der Waals surface area contributed by atoms with E-state index >= 15 is 0 Å². The summed E-state index contributed by atoms with van der Waals surface area (Å²) in [5.41, 5.74) is 2.70. The molecule has 0 radical (unpaired) electrons. The summed E-state index contributed by atoms with van der Waals surface area (Å²) in [5.74, 6) is -0.402. The predicted octanol–water partition coefficient (Wildman–Crippen LogP) is 3.98. The van der Waals surface area contributed by atoms with Gasteiger partial charge >= 0.3 is 5.97 Å². The quantitative estimate of drug-likeness (QED) is 0.346. The predicted molar refractivity (Wildman–Crippen MR) is 99.5 cm³/mol. The summed E-state index contributed by atoms with van der Waals surface area (Å²) >= 11 is 0. The van der Waals surface area contributed by atoms with E-state index in [9.17, 15) is 10.1 Å². The summed E-state index contributed by atoms with van der Waals surface area (Å²) in [6, 6.07) is 8.17. The highest BCUT2D eigenvalue weighted by Gasteiger charge is 2.14. The molecule has 6 heteroatoms. The maximum absolute atomic E-state index is 11.8. The zero-order chi connectivity index (χ0) is 18.6. The van der Waals surface area contributed by atoms with E-state index in [-0.39, 0.29) is 6.04 Å². The summed E-state index contributed by atoms with van der Waals surface area (Å²) in [6.07, 6.45) is 3.42. The van der Waals surface area contributed by atoms with Gasteiger partial charge in [-0.25, -0.2) is 9.80 Å². The molecule has 0 amide bonds. The number of ether oxygens (including phenoxy) is 1. The Kier molecular flexibility index (Phi) is 5.60. The average molecular weight is 338 g/mol. The topological polar surface area (TPSA) is 70.6 Å². The van der Waals surface area contributed by atoms with Crippen LogP contribution in [0.4, 0.5) is 5.69 Å². The number of benzene rings is 1. The van der Waals surface area contributed by atoms with Crippen LogP contribution in [0.25, 0.3) is 10.9 Å². The van der Waals surface area contributed by atoms with Crippen LogP contribution in [-0.4, -0.2) is 23.9 Å². The molecule has 6 nitrogen and oxygen atoms in total. The van der Waals surface area contributed by atoms with Crippen LogP contribution < -0.4 is 5.01 Å². The first-order valence-electron chi connectivity index (χ1n) is 8.09. The number of anilines is 1. The molecule has 0 bridgehead atoms. The Morgan fingerprint density at radius 2 is 2.24 bits per heavy atom. The standard InChI is InChI=1S/C19H22N4O2/c1-6-25-19(24)14(4)11-23(21-5)16-7-8-18-17(9-16)15(10-20)12-22(18)13(2)3/h7-9,11-13H,5-6H2,1-4H3/b14-11+. The molecule has 0 N–H and O–H groups in total. The number of hydrogen-bond donors (Lipinski definition) is 0. The summed E-state index contributed by atoms with van der Waals surface area (Å²) in [7, 11) is 0. The average Bonchev–Trinajstić information content (AvgIpc) is 2.97. The monoisotopic (exact) mass is 338 g/mol. The van der Waals surface area contributed by atoms with Gasteiger partial charge in [-0.3, -0.25) is 0 Å². The number of hydrogen-bond acceptors (Lipinski definition) is 5. The second-order valence-corrected chi connectivity index (χ2v) is 5.88. The van der Waals surface area contributed by atoms with E-state index in [0.717, 1.165) is 10.9 Å². The normalized spacial score (nSPS) is 11.4. The summed E-state index contributed by atoms with van der Waals surface area (Å²) < 4.78 is 7.04. The van der Waals surface area contributed by atoms with Crippen LogP contribution >= 0.6 is 0 Å². The fraction of sp³-hybridized carbons (Fsp3) is 0.316. The largest absolute Gasteiger partial charge is 0.463 e. The van der Waals surface area contributed by atoms with Crippen LogP contribution in [0.15, 0.2) is 41.3 Å². The molecule has 2 rings (SSSR count). The second-order valence-electron chi connectivity index (χ2n) is 5.88. The van der Waals surface area contributed by atoms with E-state index in [4.69, 9.17) is 4.74 Å². The second kappa shape index (κ2) is 7.67. The van der Waals surface area contributed by atoms with Gasteiger partial charge in [0.25, 0.3) is 0 Å². The molecule has 0 atom stereocenters. The number of hydrazone groups is 1.